The maximum Gasteiger partial charge on any atom is 0.265 e. The van der Waals surface area contributed by atoms with Gasteiger partial charge in [-0.2, -0.15) is 0 Å². The fraction of sp³-hybridized carbons (Fsp3) is 0.200. The molecule has 4 nitrogen and oxygen atoms in total. The molecule has 0 saturated carbocycles. The first-order chi connectivity index (χ1) is 12.9. The number of rotatable bonds is 6. The number of ether oxygens (including phenoxy) is 2. The van der Waals surface area contributed by atoms with Crippen molar-refractivity contribution in [3.05, 3.63) is 63.5 Å². The van der Waals surface area contributed by atoms with Gasteiger partial charge in [0, 0.05) is 17.6 Å². The molecule has 0 N–H and O–H groups in total. The predicted octanol–water partition coefficient (Wildman–Crippen LogP) is 4.94. The lowest BCUT2D eigenvalue weighted by atomic mass is 10.2. The number of hydrogen-bond acceptors (Lipinski definition) is 5. The Hall–Kier alpha value is -2.02. The summed E-state index contributed by atoms with van der Waals surface area (Å²) < 4.78 is 12.1. The number of likely N-dealkylation sites (N-methyl/N-ethyl adjacent to an activating group) is 1. The SMILES string of the molecule is Cc1cccc(OCCOc2ccc(Cl)cc2/C=C2\SC(=S)N(C)C2=O)c1. The lowest BCUT2D eigenvalue weighted by Crippen LogP contribution is -2.22. The molecule has 3 rings (SSSR count). The minimum atomic E-state index is -0.126. The zero-order valence-corrected chi connectivity index (χ0v) is 17.3. The van der Waals surface area contributed by atoms with Crippen LogP contribution in [-0.2, 0) is 4.79 Å². The topological polar surface area (TPSA) is 38.8 Å². The number of carbonyl (C=O) groups excluding carboxylic acids is 1. The van der Waals surface area contributed by atoms with E-state index in [9.17, 15) is 4.79 Å². The standard InChI is InChI=1S/C20H18ClNO3S2/c1-13-4-3-5-16(10-13)24-8-9-25-17-7-6-15(21)11-14(17)12-18-19(23)22(2)20(26)27-18/h3-7,10-12H,8-9H2,1-2H3/b18-12-. The van der Waals surface area contributed by atoms with Crippen molar-refractivity contribution in [3.63, 3.8) is 0 Å². The Bertz CT molecular complexity index is 914. The lowest BCUT2D eigenvalue weighted by Gasteiger charge is -2.11. The molecule has 0 aliphatic carbocycles. The van der Waals surface area contributed by atoms with E-state index in [1.54, 1.807) is 31.3 Å². The summed E-state index contributed by atoms with van der Waals surface area (Å²) in [5.74, 6) is 1.31. The molecule has 1 amide bonds. The van der Waals surface area contributed by atoms with Gasteiger partial charge in [0.1, 0.15) is 29.0 Å². The third kappa shape index (κ3) is 5.03. The van der Waals surface area contributed by atoms with Crippen molar-refractivity contribution in [2.24, 2.45) is 0 Å². The Morgan fingerprint density at radius 2 is 1.96 bits per heavy atom. The van der Waals surface area contributed by atoms with Gasteiger partial charge in [0.05, 0.1) is 4.91 Å². The van der Waals surface area contributed by atoms with Crippen molar-refractivity contribution >= 4 is 51.9 Å². The quantitative estimate of drug-likeness (QED) is 0.377. The Morgan fingerprint density at radius 3 is 2.67 bits per heavy atom. The van der Waals surface area contributed by atoms with Crippen LogP contribution in [0, 0.1) is 6.92 Å². The molecular weight excluding hydrogens is 402 g/mol. The summed E-state index contributed by atoms with van der Waals surface area (Å²) in [6.45, 7) is 2.79. The second-order valence-corrected chi connectivity index (χ2v) is 8.05. The molecule has 27 heavy (non-hydrogen) atoms. The molecule has 1 heterocycles. The number of halogens is 1. The summed E-state index contributed by atoms with van der Waals surface area (Å²) in [7, 11) is 1.66. The number of hydrogen-bond donors (Lipinski definition) is 0. The highest BCUT2D eigenvalue weighted by molar-refractivity contribution is 8.26. The van der Waals surface area contributed by atoms with Crippen molar-refractivity contribution in [1.29, 1.82) is 0 Å². The van der Waals surface area contributed by atoms with Crippen LogP contribution in [0.25, 0.3) is 6.08 Å². The van der Waals surface area contributed by atoms with E-state index in [0.29, 0.717) is 33.2 Å². The first kappa shape index (κ1) is 19.7. The van der Waals surface area contributed by atoms with Crippen LogP contribution >= 0.6 is 35.6 Å². The molecule has 1 aliphatic rings. The Balaban J connectivity index is 1.67. The third-order valence-electron chi connectivity index (χ3n) is 3.84. The van der Waals surface area contributed by atoms with Gasteiger partial charge in [0.15, 0.2) is 0 Å². The molecule has 140 valence electrons. The molecular formula is C20H18ClNO3S2. The van der Waals surface area contributed by atoms with E-state index in [2.05, 4.69) is 0 Å². The Morgan fingerprint density at radius 1 is 1.19 bits per heavy atom. The van der Waals surface area contributed by atoms with E-state index >= 15 is 0 Å². The summed E-state index contributed by atoms with van der Waals surface area (Å²) in [4.78, 5) is 14.2. The van der Waals surface area contributed by atoms with Gasteiger partial charge >= 0.3 is 0 Å². The van der Waals surface area contributed by atoms with Gasteiger partial charge in [-0.25, -0.2) is 0 Å². The number of aryl methyl sites for hydroxylation is 1. The summed E-state index contributed by atoms with van der Waals surface area (Å²) >= 11 is 12.5. The van der Waals surface area contributed by atoms with Crippen LogP contribution in [0.3, 0.4) is 0 Å². The van der Waals surface area contributed by atoms with Gasteiger partial charge in [-0.05, 0) is 48.9 Å². The van der Waals surface area contributed by atoms with E-state index in [4.69, 9.17) is 33.3 Å². The van der Waals surface area contributed by atoms with E-state index in [1.165, 1.54) is 16.7 Å². The van der Waals surface area contributed by atoms with Gasteiger partial charge in [0.25, 0.3) is 5.91 Å². The maximum absolute atomic E-state index is 12.2. The fourth-order valence-electron chi connectivity index (χ4n) is 2.47. The molecule has 1 aliphatic heterocycles. The number of carbonyl (C=O) groups is 1. The van der Waals surface area contributed by atoms with Crippen LogP contribution in [0.15, 0.2) is 47.4 Å². The average molecular weight is 420 g/mol. The minimum absolute atomic E-state index is 0.126. The van der Waals surface area contributed by atoms with E-state index in [0.717, 1.165) is 16.9 Å². The number of nitrogens with zero attached hydrogens (tertiary/aromatic N) is 1. The maximum atomic E-state index is 12.2. The number of benzene rings is 2. The molecule has 7 heteroatoms. The minimum Gasteiger partial charge on any atom is -0.490 e. The summed E-state index contributed by atoms with van der Waals surface area (Å²) in [5, 5.41) is 0.566. The monoisotopic (exact) mass is 419 g/mol. The third-order valence-corrected chi connectivity index (χ3v) is 5.56. The van der Waals surface area contributed by atoms with E-state index < -0.39 is 0 Å². The van der Waals surface area contributed by atoms with Gasteiger partial charge in [-0.3, -0.25) is 9.69 Å². The molecule has 0 spiro atoms. The van der Waals surface area contributed by atoms with Gasteiger partial charge in [-0.15, -0.1) is 0 Å². The second-order valence-electron chi connectivity index (χ2n) is 5.94. The van der Waals surface area contributed by atoms with Crippen LogP contribution < -0.4 is 9.47 Å². The van der Waals surface area contributed by atoms with Crippen molar-refractivity contribution < 1.29 is 14.3 Å². The molecule has 0 radical (unpaired) electrons. The molecule has 0 bridgehead atoms. The van der Waals surface area contributed by atoms with Crippen molar-refractivity contribution in [1.82, 2.24) is 4.90 Å². The van der Waals surface area contributed by atoms with E-state index in [-0.39, 0.29) is 5.91 Å². The predicted molar refractivity (Wildman–Crippen MR) is 115 cm³/mol. The summed E-state index contributed by atoms with van der Waals surface area (Å²) in [5.41, 5.74) is 1.87. The Kier molecular flexibility index (Phi) is 6.42. The van der Waals surface area contributed by atoms with Crippen LogP contribution in [0.1, 0.15) is 11.1 Å². The highest BCUT2D eigenvalue weighted by atomic mass is 35.5. The molecule has 0 aromatic heterocycles. The van der Waals surface area contributed by atoms with Gasteiger partial charge in [-0.1, -0.05) is 47.7 Å². The molecule has 2 aromatic carbocycles. The van der Waals surface area contributed by atoms with Gasteiger partial charge < -0.3 is 9.47 Å². The highest BCUT2D eigenvalue weighted by Crippen LogP contribution is 2.34. The Labute approximate surface area is 173 Å². The highest BCUT2D eigenvalue weighted by Gasteiger charge is 2.28. The average Bonchev–Trinajstić information content (AvgIpc) is 2.87. The largest absolute Gasteiger partial charge is 0.490 e. The smallest absolute Gasteiger partial charge is 0.265 e. The second kappa shape index (κ2) is 8.78. The zero-order valence-electron chi connectivity index (χ0n) is 14.9. The zero-order chi connectivity index (χ0) is 19.4. The van der Waals surface area contributed by atoms with Crippen molar-refractivity contribution in [2.45, 2.75) is 6.92 Å². The lowest BCUT2D eigenvalue weighted by molar-refractivity contribution is -0.121. The van der Waals surface area contributed by atoms with E-state index in [1.807, 2.05) is 31.2 Å². The number of thioether (sulfide) groups is 1. The van der Waals surface area contributed by atoms with Gasteiger partial charge in [0.2, 0.25) is 0 Å². The molecule has 1 saturated heterocycles. The molecule has 0 unspecified atom stereocenters. The van der Waals surface area contributed by atoms with Crippen LogP contribution in [-0.4, -0.2) is 35.4 Å². The molecule has 1 fully saturated rings. The molecule has 0 atom stereocenters. The summed E-state index contributed by atoms with van der Waals surface area (Å²) in [6.07, 6.45) is 1.76. The van der Waals surface area contributed by atoms with Crippen LogP contribution in [0.5, 0.6) is 11.5 Å². The first-order valence-electron chi connectivity index (χ1n) is 8.27. The summed E-state index contributed by atoms with van der Waals surface area (Å²) in [6, 6.07) is 13.2. The number of thiocarbonyl (C=S) groups is 1. The van der Waals surface area contributed by atoms with Crippen molar-refractivity contribution in [2.75, 3.05) is 20.3 Å². The van der Waals surface area contributed by atoms with Crippen molar-refractivity contribution in [3.8, 4) is 11.5 Å². The number of amides is 1. The van der Waals surface area contributed by atoms with Crippen LogP contribution in [0.2, 0.25) is 5.02 Å². The fourth-order valence-corrected chi connectivity index (χ4v) is 3.82. The normalized spacial score (nSPS) is 15.5. The van der Waals surface area contributed by atoms with Crippen LogP contribution in [0.4, 0.5) is 0 Å². The first-order valence-corrected chi connectivity index (χ1v) is 9.87. The molecule has 2 aromatic rings.